The van der Waals surface area contributed by atoms with Gasteiger partial charge in [-0.1, -0.05) is 18.2 Å². The van der Waals surface area contributed by atoms with Crippen LogP contribution in [0.5, 0.6) is 0 Å². The van der Waals surface area contributed by atoms with E-state index in [4.69, 9.17) is 9.57 Å². The summed E-state index contributed by atoms with van der Waals surface area (Å²) in [6.07, 6.45) is 0. The van der Waals surface area contributed by atoms with Crippen molar-refractivity contribution < 1.29 is 24.3 Å². The van der Waals surface area contributed by atoms with Gasteiger partial charge in [0.25, 0.3) is 5.91 Å². The molecule has 0 fully saturated rings. The summed E-state index contributed by atoms with van der Waals surface area (Å²) in [5.74, 6) is -1.23. The molecule has 0 aliphatic rings. The molecule has 1 N–H and O–H groups in total. The predicted octanol–water partition coefficient (Wildman–Crippen LogP) is 0.614. The molecular formula is C13H17NO5. The van der Waals surface area contributed by atoms with Crippen molar-refractivity contribution in [3.8, 4) is 0 Å². The second-order valence-electron chi connectivity index (χ2n) is 3.63. The van der Waals surface area contributed by atoms with Gasteiger partial charge in [0.1, 0.15) is 0 Å². The summed E-state index contributed by atoms with van der Waals surface area (Å²) in [6.45, 7) is 1.22. The van der Waals surface area contributed by atoms with Crippen LogP contribution in [0.25, 0.3) is 0 Å². The fraction of sp³-hybridized carbons (Fsp3) is 0.385. The van der Waals surface area contributed by atoms with E-state index in [1.165, 1.54) is 7.11 Å². The number of ether oxygens (including phenoxy) is 1. The Morgan fingerprint density at radius 2 is 1.95 bits per heavy atom. The molecule has 104 valence electrons. The number of nitrogens with zero attached hydrogens (tertiary/aromatic N) is 1. The normalized spacial score (nSPS) is 11.7. The molecule has 1 rings (SSSR count). The Kier molecular flexibility index (Phi) is 5.98. The van der Waals surface area contributed by atoms with Gasteiger partial charge in [0.2, 0.25) is 0 Å². The van der Waals surface area contributed by atoms with Gasteiger partial charge in [-0.3, -0.25) is 9.63 Å². The molecule has 1 aromatic carbocycles. The highest BCUT2D eigenvalue weighted by Crippen LogP contribution is 2.10. The number of aliphatic hydroxyl groups excluding tert-OH is 1. The zero-order valence-electron chi connectivity index (χ0n) is 10.9. The molecule has 0 bridgehead atoms. The molecule has 0 aliphatic heterocycles. The molecule has 0 aliphatic carbocycles. The highest BCUT2D eigenvalue weighted by molar-refractivity contribution is 5.96. The van der Waals surface area contributed by atoms with Crippen LogP contribution in [-0.2, 0) is 14.4 Å². The van der Waals surface area contributed by atoms with Crippen LogP contribution in [-0.4, -0.2) is 48.4 Å². The zero-order valence-corrected chi connectivity index (χ0v) is 10.9. The Bertz CT molecular complexity index is 420. The standard InChI is InChI=1S/C13H17NO5/c1-3-19-13(17)11(9-15)14(18-2)12(16)10-7-5-4-6-8-10/h4-8,11,15H,3,9H2,1-2H3. The van der Waals surface area contributed by atoms with Crippen LogP contribution in [0, 0.1) is 0 Å². The van der Waals surface area contributed by atoms with Crippen LogP contribution in [0.4, 0.5) is 0 Å². The molecule has 1 aromatic rings. The number of benzene rings is 1. The topological polar surface area (TPSA) is 76.1 Å². The second-order valence-corrected chi connectivity index (χ2v) is 3.63. The quantitative estimate of drug-likeness (QED) is 0.604. The molecule has 1 amide bonds. The van der Waals surface area contributed by atoms with Gasteiger partial charge in [0.05, 0.1) is 20.3 Å². The van der Waals surface area contributed by atoms with E-state index in [1.54, 1.807) is 37.3 Å². The summed E-state index contributed by atoms with van der Waals surface area (Å²) in [4.78, 5) is 28.7. The number of carbonyl (C=O) groups is 2. The predicted molar refractivity (Wildman–Crippen MR) is 67.1 cm³/mol. The average molecular weight is 267 g/mol. The second kappa shape index (κ2) is 7.50. The number of carbonyl (C=O) groups excluding carboxylic acids is 2. The van der Waals surface area contributed by atoms with E-state index >= 15 is 0 Å². The molecule has 1 atom stereocenters. The van der Waals surface area contributed by atoms with Gasteiger partial charge < -0.3 is 9.84 Å². The SMILES string of the molecule is CCOC(=O)C(CO)N(OC)C(=O)c1ccccc1. The van der Waals surface area contributed by atoms with Gasteiger partial charge in [0.15, 0.2) is 6.04 Å². The van der Waals surface area contributed by atoms with E-state index in [0.717, 1.165) is 5.06 Å². The number of hydrogen-bond donors (Lipinski definition) is 1. The van der Waals surface area contributed by atoms with Gasteiger partial charge in [-0.05, 0) is 19.1 Å². The number of hydroxylamine groups is 2. The van der Waals surface area contributed by atoms with Crippen molar-refractivity contribution in [1.29, 1.82) is 0 Å². The van der Waals surface area contributed by atoms with Crippen LogP contribution in [0.2, 0.25) is 0 Å². The van der Waals surface area contributed by atoms with Gasteiger partial charge in [-0.25, -0.2) is 9.86 Å². The minimum Gasteiger partial charge on any atom is -0.464 e. The van der Waals surface area contributed by atoms with Gasteiger partial charge >= 0.3 is 5.97 Å². The Labute approximate surface area is 111 Å². The molecule has 0 saturated heterocycles. The Balaban J connectivity index is 2.92. The van der Waals surface area contributed by atoms with Gasteiger partial charge in [-0.2, -0.15) is 0 Å². The van der Waals surface area contributed by atoms with E-state index in [9.17, 15) is 14.7 Å². The van der Waals surface area contributed by atoms with Gasteiger partial charge in [0, 0.05) is 5.56 Å². The minimum atomic E-state index is -1.18. The van der Waals surface area contributed by atoms with Gasteiger partial charge in [-0.15, -0.1) is 0 Å². The van der Waals surface area contributed by atoms with E-state index < -0.39 is 24.5 Å². The van der Waals surface area contributed by atoms with Crippen molar-refractivity contribution >= 4 is 11.9 Å². The van der Waals surface area contributed by atoms with Crippen LogP contribution in [0.15, 0.2) is 30.3 Å². The lowest BCUT2D eigenvalue weighted by Crippen LogP contribution is -2.47. The molecule has 0 heterocycles. The highest BCUT2D eigenvalue weighted by Gasteiger charge is 2.31. The average Bonchev–Trinajstić information content (AvgIpc) is 2.45. The molecule has 6 nitrogen and oxygen atoms in total. The Morgan fingerprint density at radius 3 is 2.42 bits per heavy atom. The summed E-state index contributed by atoms with van der Waals surface area (Å²) in [5, 5.41) is 10.1. The van der Waals surface area contributed by atoms with Crippen LogP contribution < -0.4 is 0 Å². The number of hydrogen-bond acceptors (Lipinski definition) is 5. The first-order valence-electron chi connectivity index (χ1n) is 5.85. The molecule has 19 heavy (non-hydrogen) atoms. The van der Waals surface area contributed by atoms with Crippen molar-refractivity contribution in [2.45, 2.75) is 13.0 Å². The van der Waals surface area contributed by atoms with Crippen molar-refractivity contribution in [1.82, 2.24) is 5.06 Å². The summed E-state index contributed by atoms with van der Waals surface area (Å²) in [7, 11) is 1.25. The Hall–Kier alpha value is -1.92. The molecule has 0 saturated carbocycles. The third kappa shape index (κ3) is 3.77. The van der Waals surface area contributed by atoms with Crippen LogP contribution in [0.1, 0.15) is 17.3 Å². The fourth-order valence-corrected chi connectivity index (χ4v) is 1.54. The van der Waals surface area contributed by atoms with E-state index in [-0.39, 0.29) is 6.61 Å². The fourth-order valence-electron chi connectivity index (χ4n) is 1.54. The molecular weight excluding hydrogens is 250 g/mol. The molecule has 6 heteroatoms. The maximum absolute atomic E-state index is 12.2. The maximum atomic E-state index is 12.2. The zero-order chi connectivity index (χ0) is 14.3. The van der Waals surface area contributed by atoms with E-state index in [1.807, 2.05) is 0 Å². The third-order valence-corrected chi connectivity index (χ3v) is 2.43. The molecule has 0 radical (unpaired) electrons. The smallest absolute Gasteiger partial charge is 0.333 e. The van der Waals surface area contributed by atoms with Crippen LogP contribution in [0.3, 0.4) is 0 Å². The summed E-state index contributed by atoms with van der Waals surface area (Å²) in [6, 6.07) is 7.15. The number of rotatable bonds is 6. The molecule has 1 unspecified atom stereocenters. The minimum absolute atomic E-state index is 0.159. The van der Waals surface area contributed by atoms with Crippen molar-refractivity contribution in [3.05, 3.63) is 35.9 Å². The largest absolute Gasteiger partial charge is 0.464 e. The van der Waals surface area contributed by atoms with Crippen LogP contribution >= 0.6 is 0 Å². The van der Waals surface area contributed by atoms with E-state index in [2.05, 4.69) is 0 Å². The monoisotopic (exact) mass is 267 g/mol. The number of esters is 1. The molecule has 0 aromatic heterocycles. The van der Waals surface area contributed by atoms with Crippen molar-refractivity contribution in [3.63, 3.8) is 0 Å². The number of amides is 1. The maximum Gasteiger partial charge on any atom is 0.333 e. The van der Waals surface area contributed by atoms with Crippen molar-refractivity contribution in [2.75, 3.05) is 20.3 Å². The summed E-state index contributed by atoms with van der Waals surface area (Å²) >= 11 is 0. The lowest BCUT2D eigenvalue weighted by Gasteiger charge is -2.26. The molecule has 0 spiro atoms. The first-order chi connectivity index (χ1) is 9.15. The highest BCUT2D eigenvalue weighted by atomic mass is 16.7. The van der Waals surface area contributed by atoms with E-state index in [0.29, 0.717) is 5.56 Å². The first-order valence-corrected chi connectivity index (χ1v) is 5.85. The third-order valence-electron chi connectivity index (χ3n) is 2.43. The van der Waals surface area contributed by atoms with Crippen molar-refractivity contribution in [2.24, 2.45) is 0 Å². The summed E-state index contributed by atoms with van der Waals surface area (Å²) in [5.41, 5.74) is 0.354. The Morgan fingerprint density at radius 1 is 1.32 bits per heavy atom. The number of aliphatic hydroxyl groups is 1. The first kappa shape index (κ1) is 15.1. The lowest BCUT2D eigenvalue weighted by atomic mass is 10.2. The summed E-state index contributed by atoms with van der Waals surface area (Å²) < 4.78 is 4.79. The lowest BCUT2D eigenvalue weighted by molar-refractivity contribution is -0.175.